The number of hydrogen-bond donors (Lipinski definition) is 2. The number of carbonyl (C=O) groups excluding carboxylic acids is 1. The largest absolute Gasteiger partial charge is 0.497 e. The highest BCUT2D eigenvalue weighted by Gasteiger charge is 2.35. The number of ether oxygens (including phenoxy) is 3. The smallest absolute Gasteiger partial charge is 0.407 e. The van der Waals surface area contributed by atoms with E-state index in [1.54, 1.807) is 12.1 Å². The Morgan fingerprint density at radius 2 is 1.93 bits per heavy atom. The first-order chi connectivity index (χ1) is 19.0. The Labute approximate surface area is 236 Å². The summed E-state index contributed by atoms with van der Waals surface area (Å²) in [5.41, 5.74) is 0.300. The summed E-state index contributed by atoms with van der Waals surface area (Å²) in [4.78, 5) is 12.8. The summed E-state index contributed by atoms with van der Waals surface area (Å²) in [5.74, 6) is 0.512. The van der Waals surface area contributed by atoms with E-state index in [1.165, 1.54) is 23.5 Å². The zero-order valence-corrected chi connectivity index (χ0v) is 24.1. The van der Waals surface area contributed by atoms with Crippen LogP contribution in [0.2, 0.25) is 0 Å². The molecule has 0 unspecified atom stereocenters. The highest BCUT2D eigenvalue weighted by molar-refractivity contribution is 7.89. The van der Waals surface area contributed by atoms with Gasteiger partial charge in [0.2, 0.25) is 10.0 Å². The van der Waals surface area contributed by atoms with E-state index in [4.69, 9.17) is 19.5 Å². The van der Waals surface area contributed by atoms with Gasteiger partial charge in [0.25, 0.3) is 0 Å². The van der Waals surface area contributed by atoms with E-state index in [-0.39, 0.29) is 36.9 Å². The van der Waals surface area contributed by atoms with Gasteiger partial charge in [-0.15, -0.1) is 0 Å². The van der Waals surface area contributed by atoms with Gasteiger partial charge in [-0.1, -0.05) is 44.2 Å². The van der Waals surface area contributed by atoms with Crippen molar-refractivity contribution in [3.63, 3.8) is 0 Å². The molecule has 218 valence electrons. The van der Waals surface area contributed by atoms with Crippen molar-refractivity contribution >= 4 is 16.1 Å². The predicted octanol–water partition coefficient (Wildman–Crippen LogP) is 3.50. The molecule has 0 aliphatic carbocycles. The summed E-state index contributed by atoms with van der Waals surface area (Å²) in [6.45, 7) is 4.36. The Hall–Kier alpha value is -3.17. The molecule has 1 fully saturated rings. The molecule has 1 saturated heterocycles. The molecule has 2 N–H and O–H groups in total. The number of amides is 1. The van der Waals surface area contributed by atoms with Crippen LogP contribution in [0.4, 0.5) is 4.79 Å². The lowest BCUT2D eigenvalue weighted by Gasteiger charge is -2.34. The molecule has 0 bridgehead atoms. The highest BCUT2D eigenvalue weighted by atomic mass is 32.2. The van der Waals surface area contributed by atoms with Gasteiger partial charge in [0.05, 0.1) is 43.4 Å². The van der Waals surface area contributed by atoms with E-state index in [9.17, 15) is 18.3 Å². The molecular formula is C29H39N3O7S. The van der Waals surface area contributed by atoms with Crippen molar-refractivity contribution in [1.29, 1.82) is 5.26 Å². The molecule has 10 nitrogen and oxygen atoms in total. The van der Waals surface area contributed by atoms with E-state index < -0.39 is 33.7 Å². The van der Waals surface area contributed by atoms with Crippen LogP contribution in [0.25, 0.3) is 0 Å². The van der Waals surface area contributed by atoms with Gasteiger partial charge in [0, 0.05) is 25.9 Å². The second-order valence-electron chi connectivity index (χ2n) is 10.7. The molecule has 3 rings (SSSR count). The number of nitriles is 1. The summed E-state index contributed by atoms with van der Waals surface area (Å²) in [6, 6.07) is 16.6. The number of carbonyl (C=O) groups is 1. The third-order valence-electron chi connectivity index (χ3n) is 6.83. The molecule has 3 atom stereocenters. The Morgan fingerprint density at radius 1 is 1.23 bits per heavy atom. The fourth-order valence-electron chi connectivity index (χ4n) is 4.52. The van der Waals surface area contributed by atoms with Crippen LogP contribution in [0, 0.1) is 16.7 Å². The summed E-state index contributed by atoms with van der Waals surface area (Å²) in [7, 11) is -2.56. The molecule has 2 aromatic rings. The molecule has 0 radical (unpaired) electrons. The van der Waals surface area contributed by atoms with Crippen molar-refractivity contribution in [2.75, 3.05) is 33.4 Å². The van der Waals surface area contributed by atoms with Crippen molar-refractivity contribution in [3.05, 3.63) is 60.2 Å². The zero-order valence-electron chi connectivity index (χ0n) is 23.3. The number of sulfonamides is 1. The quantitative estimate of drug-likeness (QED) is 0.350. The van der Waals surface area contributed by atoms with Crippen molar-refractivity contribution in [1.82, 2.24) is 9.62 Å². The number of benzene rings is 2. The fraction of sp³-hybridized carbons (Fsp3) is 0.517. The molecule has 11 heteroatoms. The third-order valence-corrected chi connectivity index (χ3v) is 8.66. The number of hydrogen-bond acceptors (Lipinski definition) is 8. The molecule has 0 saturated carbocycles. The Morgan fingerprint density at radius 3 is 2.52 bits per heavy atom. The summed E-state index contributed by atoms with van der Waals surface area (Å²) in [6.07, 6.45) is -0.766. The molecule has 0 aromatic heterocycles. The standard InChI is InChI=1S/C29H39N3O7S/c1-29(2,15-7-16-30)21-32(40(35,36)25-12-10-23(37-3)11-13-25)19-27(33)26(18-22-8-5-4-6-9-22)31-28(34)39-24-14-17-38-20-24/h4-6,8-13,24,26-27,33H,7,14-15,17-21H2,1-3H3,(H,31,34)/t24-,26-,27+/m0/s1. The lowest BCUT2D eigenvalue weighted by Crippen LogP contribution is -2.52. The number of rotatable bonds is 14. The van der Waals surface area contributed by atoms with Crippen LogP contribution in [0.5, 0.6) is 5.75 Å². The monoisotopic (exact) mass is 573 g/mol. The number of alkyl carbamates (subject to hydrolysis) is 1. The van der Waals surface area contributed by atoms with Gasteiger partial charge in [-0.2, -0.15) is 9.57 Å². The van der Waals surface area contributed by atoms with Gasteiger partial charge in [-0.25, -0.2) is 13.2 Å². The Bertz CT molecular complexity index is 1220. The first kappa shape index (κ1) is 31.4. The number of nitrogens with one attached hydrogen (secondary N) is 1. The maximum atomic E-state index is 13.8. The van der Waals surface area contributed by atoms with Crippen LogP contribution < -0.4 is 10.1 Å². The number of nitrogens with zero attached hydrogens (tertiary/aromatic N) is 2. The van der Waals surface area contributed by atoms with E-state index in [0.29, 0.717) is 31.8 Å². The topological polar surface area (TPSA) is 138 Å². The van der Waals surface area contributed by atoms with Crippen molar-refractivity contribution in [3.8, 4) is 11.8 Å². The highest BCUT2D eigenvalue weighted by Crippen LogP contribution is 2.28. The molecule has 1 heterocycles. The normalized spacial score (nSPS) is 17.1. The number of aliphatic hydroxyl groups is 1. The minimum Gasteiger partial charge on any atom is -0.497 e. The molecule has 1 aliphatic rings. The van der Waals surface area contributed by atoms with Gasteiger partial charge in [-0.05, 0) is 48.1 Å². The number of methoxy groups -OCH3 is 1. The van der Waals surface area contributed by atoms with Crippen LogP contribution in [0.3, 0.4) is 0 Å². The van der Waals surface area contributed by atoms with Gasteiger partial charge < -0.3 is 24.6 Å². The second-order valence-corrected chi connectivity index (χ2v) is 12.6. The van der Waals surface area contributed by atoms with Crippen molar-refractivity contribution < 1.29 is 32.5 Å². The van der Waals surface area contributed by atoms with E-state index in [1.807, 2.05) is 44.2 Å². The van der Waals surface area contributed by atoms with Crippen LogP contribution in [0.1, 0.15) is 38.7 Å². The predicted molar refractivity (Wildman–Crippen MR) is 149 cm³/mol. The maximum Gasteiger partial charge on any atom is 0.407 e. The first-order valence-electron chi connectivity index (χ1n) is 13.3. The number of aliphatic hydroxyl groups excluding tert-OH is 1. The molecule has 1 amide bonds. The minimum absolute atomic E-state index is 0.0461. The SMILES string of the molecule is COc1ccc(S(=O)(=O)N(C[C@@H](O)[C@H](Cc2ccccc2)NC(=O)O[C@H]2CCOC2)CC(C)(C)CCC#N)cc1. The zero-order chi connectivity index (χ0) is 29.2. The van der Waals surface area contributed by atoms with Crippen LogP contribution in [-0.4, -0.2) is 75.6 Å². The van der Waals surface area contributed by atoms with Crippen LogP contribution in [-0.2, 0) is 25.9 Å². The molecule has 2 aromatic carbocycles. The Kier molecular flexibility index (Phi) is 11.3. The second kappa shape index (κ2) is 14.5. The van der Waals surface area contributed by atoms with E-state index in [2.05, 4.69) is 11.4 Å². The van der Waals surface area contributed by atoms with Gasteiger partial charge in [-0.3, -0.25) is 0 Å². The molecule has 1 aliphatic heterocycles. The first-order valence-corrected chi connectivity index (χ1v) is 14.8. The van der Waals surface area contributed by atoms with Gasteiger partial charge in [0.1, 0.15) is 11.9 Å². The minimum atomic E-state index is -4.06. The van der Waals surface area contributed by atoms with Crippen molar-refractivity contribution in [2.24, 2.45) is 5.41 Å². The van der Waals surface area contributed by atoms with Crippen molar-refractivity contribution in [2.45, 2.75) is 62.7 Å². The molecule has 40 heavy (non-hydrogen) atoms. The lowest BCUT2D eigenvalue weighted by molar-refractivity contribution is 0.0625. The van der Waals surface area contributed by atoms with E-state index >= 15 is 0 Å². The Balaban J connectivity index is 1.87. The molecule has 0 spiro atoms. The summed E-state index contributed by atoms with van der Waals surface area (Å²) >= 11 is 0. The van der Waals surface area contributed by atoms with Crippen LogP contribution in [0.15, 0.2) is 59.5 Å². The average molecular weight is 574 g/mol. The third kappa shape index (κ3) is 9.20. The summed E-state index contributed by atoms with van der Waals surface area (Å²) in [5, 5.41) is 23.3. The van der Waals surface area contributed by atoms with E-state index in [0.717, 1.165) is 5.56 Å². The maximum absolute atomic E-state index is 13.8. The fourth-order valence-corrected chi connectivity index (χ4v) is 6.17. The van der Waals surface area contributed by atoms with Crippen LogP contribution >= 0.6 is 0 Å². The average Bonchev–Trinajstić information content (AvgIpc) is 3.44. The molecular weight excluding hydrogens is 534 g/mol. The lowest BCUT2D eigenvalue weighted by atomic mass is 9.88. The van der Waals surface area contributed by atoms with Gasteiger partial charge in [0.15, 0.2) is 0 Å². The summed E-state index contributed by atoms with van der Waals surface area (Å²) < 4.78 is 44.8. The van der Waals surface area contributed by atoms with Gasteiger partial charge >= 0.3 is 6.09 Å².